The van der Waals surface area contributed by atoms with Crippen LogP contribution in [0.2, 0.25) is 5.02 Å². The van der Waals surface area contributed by atoms with Gasteiger partial charge in [0.15, 0.2) is 6.61 Å². The van der Waals surface area contributed by atoms with Crippen molar-refractivity contribution in [2.24, 2.45) is 5.92 Å². The first-order valence-corrected chi connectivity index (χ1v) is 12.4. The van der Waals surface area contributed by atoms with E-state index in [9.17, 15) is 9.59 Å². The number of nitrogens with zero attached hydrogens (tertiary/aromatic N) is 3. The van der Waals surface area contributed by atoms with Crippen LogP contribution in [0.3, 0.4) is 0 Å². The summed E-state index contributed by atoms with van der Waals surface area (Å²) in [4.78, 5) is 32.1. The Labute approximate surface area is 206 Å². The third-order valence-electron chi connectivity index (χ3n) is 6.70. The van der Waals surface area contributed by atoms with Gasteiger partial charge in [-0.25, -0.2) is 0 Å². The number of hydrogen-bond acceptors (Lipinski definition) is 5. The number of likely N-dealkylation sites (tertiary alicyclic amines) is 1. The van der Waals surface area contributed by atoms with E-state index in [-0.39, 0.29) is 24.3 Å². The number of rotatable bonds is 7. The third-order valence-corrected chi connectivity index (χ3v) is 6.94. The zero-order valence-corrected chi connectivity index (χ0v) is 20.5. The van der Waals surface area contributed by atoms with Crippen molar-refractivity contribution in [3.05, 3.63) is 53.6 Å². The van der Waals surface area contributed by atoms with Gasteiger partial charge >= 0.3 is 0 Å². The van der Waals surface area contributed by atoms with Crippen LogP contribution in [0.25, 0.3) is 0 Å². The van der Waals surface area contributed by atoms with E-state index >= 15 is 0 Å². The number of para-hydroxylation sites is 1. The molecular formula is C26H33ClN4O3. The molecule has 0 aromatic heterocycles. The minimum Gasteiger partial charge on any atom is -0.484 e. The lowest BCUT2D eigenvalue weighted by atomic mass is 9.95. The normalized spacial score (nSPS) is 17.5. The van der Waals surface area contributed by atoms with Crippen LogP contribution in [0.15, 0.2) is 48.5 Å². The number of piperazine rings is 1. The van der Waals surface area contributed by atoms with E-state index in [4.69, 9.17) is 16.3 Å². The highest BCUT2D eigenvalue weighted by molar-refractivity contribution is 6.31. The number of hydrogen-bond donors (Lipinski definition) is 1. The molecular weight excluding hydrogens is 452 g/mol. The van der Waals surface area contributed by atoms with Crippen molar-refractivity contribution in [2.75, 3.05) is 62.6 Å². The summed E-state index contributed by atoms with van der Waals surface area (Å²) in [7, 11) is 0. The van der Waals surface area contributed by atoms with E-state index < -0.39 is 0 Å². The molecule has 0 saturated carbocycles. The van der Waals surface area contributed by atoms with Crippen LogP contribution in [0.1, 0.15) is 19.8 Å². The first-order chi connectivity index (χ1) is 16.5. The van der Waals surface area contributed by atoms with Crippen LogP contribution < -0.4 is 15.0 Å². The summed E-state index contributed by atoms with van der Waals surface area (Å²) in [6, 6.07) is 15.0. The number of piperidine rings is 1. The topological polar surface area (TPSA) is 65.1 Å². The maximum Gasteiger partial charge on any atom is 0.260 e. The van der Waals surface area contributed by atoms with Crippen molar-refractivity contribution in [2.45, 2.75) is 19.8 Å². The van der Waals surface area contributed by atoms with Gasteiger partial charge in [-0.3, -0.25) is 9.59 Å². The predicted molar refractivity (Wildman–Crippen MR) is 136 cm³/mol. The third kappa shape index (κ3) is 6.21. The quantitative estimate of drug-likeness (QED) is 0.648. The van der Waals surface area contributed by atoms with Gasteiger partial charge in [-0.2, -0.15) is 0 Å². The summed E-state index contributed by atoms with van der Waals surface area (Å²) in [6.45, 7) is 8.20. The number of likely N-dealkylation sites (N-methyl/N-ethyl adjacent to an activating group) is 1. The lowest BCUT2D eigenvalue weighted by Crippen LogP contribution is -2.46. The van der Waals surface area contributed by atoms with E-state index in [0.29, 0.717) is 36.7 Å². The van der Waals surface area contributed by atoms with Crippen molar-refractivity contribution in [1.82, 2.24) is 9.80 Å². The fourth-order valence-corrected chi connectivity index (χ4v) is 4.74. The second kappa shape index (κ2) is 11.6. The van der Waals surface area contributed by atoms with Crippen molar-refractivity contribution in [3.63, 3.8) is 0 Å². The number of amides is 2. The molecule has 8 heteroatoms. The van der Waals surface area contributed by atoms with Crippen molar-refractivity contribution in [1.29, 1.82) is 0 Å². The second-order valence-corrected chi connectivity index (χ2v) is 9.27. The highest BCUT2D eigenvalue weighted by atomic mass is 35.5. The Morgan fingerprint density at radius 1 is 1.00 bits per heavy atom. The minimum atomic E-state index is -0.136. The fourth-order valence-electron chi connectivity index (χ4n) is 4.57. The standard InChI is InChI=1S/C26H33ClN4O3/c1-2-29-14-16-30(17-15-29)24-9-8-21(27)18-23(24)28-26(33)20-10-12-31(13-11-20)25(32)19-34-22-6-4-3-5-7-22/h3-9,18,20H,2,10-17,19H2,1H3,(H,28,33). The highest BCUT2D eigenvalue weighted by Crippen LogP contribution is 2.31. The summed E-state index contributed by atoms with van der Waals surface area (Å²) >= 11 is 6.26. The Hall–Kier alpha value is -2.77. The minimum absolute atomic E-state index is 0.0108. The molecule has 7 nitrogen and oxygen atoms in total. The number of anilines is 2. The number of nitrogens with one attached hydrogen (secondary N) is 1. The number of halogens is 1. The van der Waals surface area contributed by atoms with Gasteiger partial charge in [-0.05, 0) is 49.7 Å². The molecule has 0 radical (unpaired) electrons. The zero-order valence-electron chi connectivity index (χ0n) is 19.7. The van der Waals surface area contributed by atoms with Crippen molar-refractivity contribution < 1.29 is 14.3 Å². The Morgan fingerprint density at radius 2 is 1.71 bits per heavy atom. The van der Waals surface area contributed by atoms with Gasteiger partial charge in [0.05, 0.1) is 11.4 Å². The molecule has 2 aliphatic rings. The Kier molecular flexibility index (Phi) is 8.29. The second-order valence-electron chi connectivity index (χ2n) is 8.83. The Bertz CT molecular complexity index is 971. The molecule has 2 aliphatic heterocycles. The smallest absolute Gasteiger partial charge is 0.260 e. The van der Waals surface area contributed by atoms with Gasteiger partial charge in [-0.15, -0.1) is 0 Å². The molecule has 34 heavy (non-hydrogen) atoms. The molecule has 0 spiro atoms. The SMILES string of the molecule is CCN1CCN(c2ccc(Cl)cc2NC(=O)C2CCN(C(=O)COc3ccccc3)CC2)CC1. The molecule has 4 rings (SSSR count). The highest BCUT2D eigenvalue weighted by Gasteiger charge is 2.28. The molecule has 2 aromatic rings. The van der Waals surface area contributed by atoms with E-state index in [0.717, 1.165) is 44.1 Å². The van der Waals surface area contributed by atoms with Crippen LogP contribution in [0, 0.1) is 5.92 Å². The van der Waals surface area contributed by atoms with Crippen LogP contribution in [0.4, 0.5) is 11.4 Å². The van der Waals surface area contributed by atoms with Crippen molar-refractivity contribution >= 4 is 34.8 Å². The lowest BCUT2D eigenvalue weighted by molar-refractivity contribution is -0.136. The zero-order chi connectivity index (χ0) is 23.9. The van der Waals surface area contributed by atoms with E-state index in [1.807, 2.05) is 48.5 Å². The number of ether oxygens (including phenoxy) is 1. The summed E-state index contributed by atoms with van der Waals surface area (Å²) < 4.78 is 5.58. The summed E-state index contributed by atoms with van der Waals surface area (Å²) in [6.07, 6.45) is 1.27. The summed E-state index contributed by atoms with van der Waals surface area (Å²) in [5.74, 6) is 0.482. The molecule has 182 valence electrons. The molecule has 1 N–H and O–H groups in total. The Morgan fingerprint density at radius 3 is 2.38 bits per heavy atom. The van der Waals surface area contributed by atoms with E-state index in [1.165, 1.54) is 0 Å². The summed E-state index contributed by atoms with van der Waals surface area (Å²) in [5, 5.41) is 3.73. The summed E-state index contributed by atoms with van der Waals surface area (Å²) in [5.41, 5.74) is 1.77. The molecule has 2 amide bonds. The number of benzene rings is 2. The largest absolute Gasteiger partial charge is 0.484 e. The first-order valence-electron chi connectivity index (χ1n) is 12.1. The maximum atomic E-state index is 13.1. The van der Waals surface area contributed by atoms with Crippen LogP contribution in [-0.2, 0) is 9.59 Å². The fraction of sp³-hybridized carbons (Fsp3) is 0.462. The van der Waals surface area contributed by atoms with Gasteiger partial charge in [-0.1, -0.05) is 36.7 Å². The average Bonchev–Trinajstić information content (AvgIpc) is 2.88. The van der Waals surface area contributed by atoms with Gasteiger partial charge in [0.2, 0.25) is 5.91 Å². The molecule has 2 aromatic carbocycles. The molecule has 2 saturated heterocycles. The molecule has 2 heterocycles. The van der Waals surface area contributed by atoms with Crippen molar-refractivity contribution in [3.8, 4) is 5.75 Å². The molecule has 0 atom stereocenters. The number of carbonyl (C=O) groups excluding carboxylic acids is 2. The van der Waals surface area contributed by atoms with Gasteiger partial charge in [0.25, 0.3) is 5.91 Å². The average molecular weight is 485 g/mol. The predicted octanol–water partition coefficient (Wildman–Crippen LogP) is 3.74. The maximum absolute atomic E-state index is 13.1. The lowest BCUT2D eigenvalue weighted by Gasteiger charge is -2.36. The van der Waals surface area contributed by atoms with Crippen LogP contribution >= 0.6 is 11.6 Å². The van der Waals surface area contributed by atoms with E-state index in [2.05, 4.69) is 22.0 Å². The number of carbonyl (C=O) groups is 2. The Balaban J connectivity index is 1.30. The molecule has 0 unspecified atom stereocenters. The van der Waals surface area contributed by atoms with Gasteiger partial charge < -0.3 is 24.8 Å². The monoisotopic (exact) mass is 484 g/mol. The molecule has 2 fully saturated rings. The first kappa shape index (κ1) is 24.4. The van der Waals surface area contributed by atoms with Gasteiger partial charge in [0, 0.05) is 50.2 Å². The molecule has 0 aliphatic carbocycles. The van der Waals surface area contributed by atoms with Crippen LogP contribution in [0.5, 0.6) is 5.75 Å². The van der Waals surface area contributed by atoms with E-state index in [1.54, 1.807) is 4.90 Å². The molecule has 0 bridgehead atoms. The van der Waals surface area contributed by atoms with Gasteiger partial charge in [0.1, 0.15) is 5.75 Å². The van der Waals surface area contributed by atoms with Crippen LogP contribution in [-0.4, -0.2) is 74.0 Å².